The predicted molar refractivity (Wildman–Crippen MR) is 110 cm³/mol. The third-order valence-electron chi connectivity index (χ3n) is 5.37. The molecule has 7 heteroatoms. The predicted octanol–water partition coefficient (Wildman–Crippen LogP) is 4.93. The van der Waals surface area contributed by atoms with Crippen molar-refractivity contribution in [3.8, 4) is 0 Å². The van der Waals surface area contributed by atoms with Crippen molar-refractivity contribution in [1.29, 1.82) is 0 Å². The van der Waals surface area contributed by atoms with Crippen LogP contribution >= 0.6 is 34.5 Å². The van der Waals surface area contributed by atoms with E-state index in [1.807, 2.05) is 29.8 Å². The number of amides is 1. The van der Waals surface area contributed by atoms with Crippen molar-refractivity contribution >= 4 is 40.4 Å². The lowest BCUT2D eigenvalue weighted by atomic mass is 9.90. The minimum atomic E-state index is 0.00899. The van der Waals surface area contributed by atoms with Crippen LogP contribution in [0.4, 0.5) is 0 Å². The lowest BCUT2D eigenvalue weighted by Gasteiger charge is -2.36. The van der Waals surface area contributed by atoms with Gasteiger partial charge in [0.1, 0.15) is 5.01 Å². The van der Waals surface area contributed by atoms with Crippen LogP contribution in [-0.4, -0.2) is 28.9 Å². The van der Waals surface area contributed by atoms with Gasteiger partial charge in [-0.05, 0) is 55.8 Å². The number of thiazole rings is 1. The summed E-state index contributed by atoms with van der Waals surface area (Å²) in [4.78, 5) is 19.4. The highest BCUT2D eigenvalue weighted by Crippen LogP contribution is 2.35. The fourth-order valence-electron chi connectivity index (χ4n) is 3.79. The second-order valence-electron chi connectivity index (χ2n) is 7.52. The molecule has 0 spiro atoms. The first-order chi connectivity index (χ1) is 13.1. The number of nitrogens with one attached hydrogen (secondary N) is 1. The highest BCUT2D eigenvalue weighted by atomic mass is 35.5. The maximum absolute atomic E-state index is 12.4. The Kier molecular flexibility index (Phi) is 6.02. The number of hydrogen-bond donors (Lipinski definition) is 1. The number of carbonyl (C=O) groups excluding carboxylic acids is 1. The average molecular weight is 424 g/mol. The number of nitrogens with zero attached hydrogens (tertiary/aromatic N) is 2. The van der Waals surface area contributed by atoms with Crippen LogP contribution in [0, 0.1) is 11.8 Å². The molecule has 0 unspecified atom stereocenters. The molecule has 0 bridgehead atoms. The summed E-state index contributed by atoms with van der Waals surface area (Å²) in [6, 6.07) is 5.84. The van der Waals surface area contributed by atoms with Gasteiger partial charge in [0.15, 0.2) is 0 Å². The van der Waals surface area contributed by atoms with Crippen LogP contribution in [0.2, 0.25) is 10.0 Å². The van der Waals surface area contributed by atoms with E-state index in [1.165, 1.54) is 0 Å². The Morgan fingerprint density at radius 2 is 2.15 bits per heavy atom. The van der Waals surface area contributed by atoms with Gasteiger partial charge >= 0.3 is 0 Å². The molecular weight excluding hydrogens is 401 g/mol. The number of halogens is 2. The Morgan fingerprint density at radius 1 is 1.30 bits per heavy atom. The zero-order valence-corrected chi connectivity index (χ0v) is 17.4. The number of aromatic nitrogens is 1. The molecule has 4 rings (SSSR count). The summed E-state index contributed by atoms with van der Waals surface area (Å²) in [5.41, 5.74) is 1.16. The highest BCUT2D eigenvalue weighted by Gasteiger charge is 2.35. The van der Waals surface area contributed by atoms with Crippen molar-refractivity contribution in [1.82, 2.24) is 15.2 Å². The molecule has 1 aromatic heterocycles. The molecule has 2 heterocycles. The average Bonchev–Trinajstić information content (AvgIpc) is 3.38. The molecule has 2 atom stereocenters. The summed E-state index contributed by atoms with van der Waals surface area (Å²) < 4.78 is 0. The Balaban J connectivity index is 1.45. The van der Waals surface area contributed by atoms with Crippen molar-refractivity contribution in [2.24, 2.45) is 11.8 Å². The quantitative estimate of drug-likeness (QED) is 0.715. The van der Waals surface area contributed by atoms with E-state index in [1.54, 1.807) is 11.3 Å². The normalized spacial score (nSPS) is 21.8. The standard InChI is InChI=1S/C20H23Cl2N3OS/c21-16-6-3-13(10-17(16)22)11-25-8-1-2-15(12-25)18(20-23-7-9-27-20)24-19(26)14-4-5-14/h3,6-7,9-10,14-15,18H,1-2,4-5,8,11-12H2,(H,24,26)/t15-,18+/m1/s1. The van der Waals surface area contributed by atoms with Crippen molar-refractivity contribution in [3.05, 3.63) is 50.4 Å². The molecule has 1 aliphatic heterocycles. The lowest BCUT2D eigenvalue weighted by molar-refractivity contribution is -0.123. The maximum atomic E-state index is 12.4. The number of benzene rings is 1. The van der Waals surface area contributed by atoms with Gasteiger partial charge in [-0.3, -0.25) is 9.69 Å². The number of hydrogen-bond acceptors (Lipinski definition) is 4. The molecule has 1 saturated heterocycles. The van der Waals surface area contributed by atoms with Gasteiger partial charge in [-0.25, -0.2) is 4.98 Å². The molecule has 1 N–H and O–H groups in total. The van der Waals surface area contributed by atoms with Crippen molar-refractivity contribution in [2.75, 3.05) is 13.1 Å². The van der Waals surface area contributed by atoms with Gasteiger partial charge in [-0.1, -0.05) is 29.3 Å². The number of carbonyl (C=O) groups is 1. The molecule has 2 aliphatic rings. The molecule has 4 nitrogen and oxygen atoms in total. The van der Waals surface area contributed by atoms with Gasteiger partial charge in [0.2, 0.25) is 5.91 Å². The smallest absolute Gasteiger partial charge is 0.223 e. The van der Waals surface area contributed by atoms with Crippen LogP contribution in [-0.2, 0) is 11.3 Å². The van der Waals surface area contributed by atoms with E-state index in [0.717, 1.165) is 55.9 Å². The number of piperidine rings is 1. The summed E-state index contributed by atoms with van der Waals surface area (Å²) in [5, 5.41) is 7.49. The van der Waals surface area contributed by atoms with Gasteiger partial charge in [0.25, 0.3) is 0 Å². The number of likely N-dealkylation sites (tertiary alicyclic amines) is 1. The van der Waals surface area contributed by atoms with E-state index >= 15 is 0 Å². The summed E-state index contributed by atoms with van der Waals surface area (Å²) in [5.74, 6) is 0.774. The van der Waals surface area contributed by atoms with Gasteiger partial charge in [-0.15, -0.1) is 11.3 Å². The molecule has 2 fully saturated rings. The largest absolute Gasteiger partial charge is 0.346 e. The van der Waals surface area contributed by atoms with Crippen LogP contribution in [0.3, 0.4) is 0 Å². The molecule has 1 aliphatic carbocycles. The molecular formula is C20H23Cl2N3OS. The van der Waals surface area contributed by atoms with Gasteiger partial charge in [0.05, 0.1) is 16.1 Å². The maximum Gasteiger partial charge on any atom is 0.223 e. The summed E-state index contributed by atoms with van der Waals surface area (Å²) in [6.07, 6.45) is 6.09. The summed E-state index contributed by atoms with van der Waals surface area (Å²) in [7, 11) is 0. The van der Waals surface area contributed by atoms with E-state index in [0.29, 0.717) is 16.0 Å². The van der Waals surface area contributed by atoms with Crippen molar-refractivity contribution in [3.63, 3.8) is 0 Å². The fourth-order valence-corrected chi connectivity index (χ4v) is 4.89. The second kappa shape index (κ2) is 8.48. The summed E-state index contributed by atoms with van der Waals surface area (Å²) >= 11 is 13.8. The van der Waals surface area contributed by atoms with E-state index in [4.69, 9.17) is 23.2 Å². The Morgan fingerprint density at radius 3 is 2.85 bits per heavy atom. The monoisotopic (exact) mass is 423 g/mol. The Labute approximate surface area is 173 Å². The second-order valence-corrected chi connectivity index (χ2v) is 9.26. The highest BCUT2D eigenvalue weighted by molar-refractivity contribution is 7.09. The molecule has 144 valence electrons. The van der Waals surface area contributed by atoms with Gasteiger partial charge < -0.3 is 5.32 Å². The van der Waals surface area contributed by atoms with Crippen LogP contribution in [0.5, 0.6) is 0 Å². The van der Waals surface area contributed by atoms with Crippen molar-refractivity contribution < 1.29 is 4.79 Å². The Hall–Kier alpha value is -1.14. The van der Waals surface area contributed by atoms with E-state index in [2.05, 4.69) is 15.2 Å². The first-order valence-electron chi connectivity index (χ1n) is 9.46. The minimum Gasteiger partial charge on any atom is -0.346 e. The van der Waals surface area contributed by atoms with E-state index < -0.39 is 0 Å². The Bertz CT molecular complexity index is 795. The van der Waals surface area contributed by atoms with E-state index in [9.17, 15) is 4.79 Å². The third-order valence-corrected chi connectivity index (χ3v) is 6.96. The topological polar surface area (TPSA) is 45.2 Å². The molecule has 1 amide bonds. The zero-order valence-electron chi connectivity index (χ0n) is 15.0. The third kappa shape index (κ3) is 4.83. The summed E-state index contributed by atoms with van der Waals surface area (Å²) in [6.45, 7) is 2.84. The molecule has 0 radical (unpaired) electrons. The first-order valence-corrected chi connectivity index (χ1v) is 11.1. The van der Waals surface area contributed by atoms with E-state index in [-0.39, 0.29) is 17.9 Å². The minimum absolute atomic E-state index is 0.00899. The zero-order chi connectivity index (χ0) is 18.8. The molecule has 1 aromatic carbocycles. The SMILES string of the molecule is O=C(N[C@H](c1nccs1)[C@@H]1CCCN(Cc2ccc(Cl)c(Cl)c2)C1)C1CC1. The van der Waals surface area contributed by atoms with Crippen LogP contribution in [0.15, 0.2) is 29.8 Å². The van der Waals surface area contributed by atoms with Gasteiger partial charge in [0, 0.05) is 30.6 Å². The van der Waals surface area contributed by atoms with Crippen LogP contribution in [0.25, 0.3) is 0 Å². The van der Waals surface area contributed by atoms with Crippen LogP contribution in [0.1, 0.15) is 42.3 Å². The number of rotatable bonds is 6. The first kappa shape index (κ1) is 19.2. The molecule has 1 saturated carbocycles. The van der Waals surface area contributed by atoms with Gasteiger partial charge in [-0.2, -0.15) is 0 Å². The fraction of sp³-hybridized carbons (Fsp3) is 0.500. The molecule has 27 heavy (non-hydrogen) atoms. The lowest BCUT2D eigenvalue weighted by Crippen LogP contribution is -2.43. The molecule has 2 aromatic rings. The van der Waals surface area contributed by atoms with Crippen LogP contribution < -0.4 is 5.32 Å². The van der Waals surface area contributed by atoms with Crippen molar-refractivity contribution in [2.45, 2.75) is 38.3 Å².